The van der Waals surface area contributed by atoms with E-state index in [9.17, 15) is 9.59 Å². The van der Waals surface area contributed by atoms with Crippen LogP contribution in [0.25, 0.3) is 10.1 Å². The quantitative estimate of drug-likeness (QED) is 0.387. The summed E-state index contributed by atoms with van der Waals surface area (Å²) in [6.45, 7) is 1.03. The third-order valence-corrected chi connectivity index (χ3v) is 7.73. The standard InChI is InChI=1S/C25H20ClFN4O3S/c26-18-4-5-19-21(22(18)27)25(34-24(33)29-19)7-1-8-30(14-25)23(32)17-11-28-31(13-17)12-15-2-3-16-6-9-35-20(16)10-15/h2-6,9-11,13H,1,7-8,12,14H2,(H,29,33)/t25-/m0/s1. The van der Waals surface area contributed by atoms with Gasteiger partial charge < -0.3 is 9.64 Å². The molecular weight excluding hydrogens is 491 g/mol. The lowest BCUT2D eigenvalue weighted by Crippen LogP contribution is -2.53. The fourth-order valence-corrected chi connectivity index (χ4v) is 5.98. The van der Waals surface area contributed by atoms with Gasteiger partial charge in [0, 0.05) is 17.4 Å². The number of nitrogens with zero attached hydrogens (tertiary/aromatic N) is 3. The van der Waals surface area contributed by atoms with Crippen molar-refractivity contribution in [2.75, 3.05) is 18.4 Å². The van der Waals surface area contributed by atoms with Crippen LogP contribution in [0.3, 0.4) is 0 Å². The number of ether oxygens (including phenoxy) is 1. The number of aromatic nitrogens is 2. The molecule has 2 aliphatic rings. The number of halogens is 2. The zero-order chi connectivity index (χ0) is 24.2. The summed E-state index contributed by atoms with van der Waals surface area (Å²) in [5.74, 6) is -0.892. The van der Waals surface area contributed by atoms with Crippen LogP contribution in [-0.4, -0.2) is 39.8 Å². The predicted molar refractivity (Wildman–Crippen MR) is 131 cm³/mol. The number of carbonyl (C=O) groups is 2. The van der Waals surface area contributed by atoms with Crippen LogP contribution in [0.2, 0.25) is 5.02 Å². The number of fused-ring (bicyclic) bond motifs is 3. The molecule has 1 spiro atoms. The SMILES string of the molecule is O=C1Nc2ccc(Cl)c(F)c2[C@@]2(CCCN(C(=O)c3cnn(Cc4ccc5ccsc5c4)c3)C2)O1. The van der Waals surface area contributed by atoms with E-state index in [-0.39, 0.29) is 23.0 Å². The van der Waals surface area contributed by atoms with Crippen molar-refractivity contribution in [3.63, 3.8) is 0 Å². The molecule has 1 atom stereocenters. The lowest BCUT2D eigenvalue weighted by atomic mass is 9.83. The third kappa shape index (κ3) is 3.84. The molecule has 1 fully saturated rings. The Morgan fingerprint density at radius 1 is 1.29 bits per heavy atom. The zero-order valence-corrected chi connectivity index (χ0v) is 20.0. The van der Waals surface area contributed by atoms with E-state index < -0.39 is 17.5 Å². The maximum atomic E-state index is 15.1. The first-order chi connectivity index (χ1) is 16.9. The van der Waals surface area contributed by atoms with Crippen molar-refractivity contribution < 1.29 is 18.7 Å². The van der Waals surface area contributed by atoms with E-state index in [1.165, 1.54) is 22.3 Å². The number of nitrogens with one attached hydrogen (secondary N) is 1. The molecule has 6 rings (SSSR count). The lowest BCUT2D eigenvalue weighted by molar-refractivity contribution is -0.0418. The molecule has 2 amide bonds. The average Bonchev–Trinajstić information content (AvgIpc) is 3.50. The molecule has 2 aliphatic heterocycles. The Kier molecular flexibility index (Phi) is 5.26. The maximum Gasteiger partial charge on any atom is 0.412 e. The van der Waals surface area contributed by atoms with Crippen LogP contribution in [0.5, 0.6) is 0 Å². The number of hydrogen-bond acceptors (Lipinski definition) is 5. The molecule has 35 heavy (non-hydrogen) atoms. The molecule has 0 radical (unpaired) electrons. The van der Waals surface area contributed by atoms with Gasteiger partial charge in [0.15, 0.2) is 11.4 Å². The van der Waals surface area contributed by atoms with Gasteiger partial charge in [-0.15, -0.1) is 11.3 Å². The Hall–Kier alpha value is -3.43. The van der Waals surface area contributed by atoms with E-state index in [1.54, 1.807) is 33.2 Å². The van der Waals surface area contributed by atoms with E-state index >= 15 is 4.39 Å². The molecule has 178 valence electrons. The second kappa shape index (κ2) is 8.35. The highest BCUT2D eigenvalue weighted by atomic mass is 35.5. The van der Waals surface area contributed by atoms with Crippen molar-refractivity contribution in [1.29, 1.82) is 0 Å². The van der Waals surface area contributed by atoms with Gasteiger partial charge in [-0.3, -0.25) is 14.8 Å². The minimum absolute atomic E-state index is 0.0315. The van der Waals surface area contributed by atoms with Gasteiger partial charge in [-0.25, -0.2) is 9.18 Å². The molecule has 0 unspecified atom stereocenters. The predicted octanol–water partition coefficient (Wildman–Crippen LogP) is 5.63. The molecule has 4 heterocycles. The molecular formula is C25H20ClFN4O3S. The van der Waals surface area contributed by atoms with Crippen molar-refractivity contribution >= 4 is 50.7 Å². The molecule has 4 aromatic rings. The van der Waals surface area contributed by atoms with Gasteiger partial charge in [0.05, 0.1) is 41.1 Å². The Morgan fingerprint density at radius 3 is 3.06 bits per heavy atom. The minimum atomic E-state index is -1.30. The molecule has 0 aliphatic carbocycles. The molecule has 2 aromatic carbocycles. The summed E-state index contributed by atoms with van der Waals surface area (Å²) < 4.78 is 23.7. The zero-order valence-electron chi connectivity index (χ0n) is 18.5. The van der Waals surface area contributed by atoms with Crippen molar-refractivity contribution in [1.82, 2.24) is 14.7 Å². The van der Waals surface area contributed by atoms with Crippen LogP contribution in [-0.2, 0) is 16.9 Å². The molecule has 10 heteroatoms. The normalized spacial score (nSPS) is 19.5. The Morgan fingerprint density at radius 2 is 2.17 bits per heavy atom. The molecule has 2 aromatic heterocycles. The van der Waals surface area contributed by atoms with Gasteiger partial charge in [-0.1, -0.05) is 23.7 Å². The van der Waals surface area contributed by atoms with Crippen molar-refractivity contribution in [2.45, 2.75) is 25.0 Å². The Bertz CT molecular complexity index is 1480. The van der Waals surface area contributed by atoms with Crippen LogP contribution in [0.4, 0.5) is 14.9 Å². The fourth-order valence-electron chi connectivity index (χ4n) is 4.97. The number of likely N-dealkylation sites (tertiary alicyclic amines) is 1. The molecule has 0 bridgehead atoms. The van der Waals surface area contributed by atoms with Crippen LogP contribution < -0.4 is 5.32 Å². The Balaban J connectivity index is 1.25. The number of thiophene rings is 1. The first-order valence-electron chi connectivity index (χ1n) is 11.2. The van der Waals surface area contributed by atoms with E-state index in [2.05, 4.69) is 40.1 Å². The highest BCUT2D eigenvalue weighted by Gasteiger charge is 2.48. The second-order valence-electron chi connectivity index (χ2n) is 8.84. The summed E-state index contributed by atoms with van der Waals surface area (Å²) in [5.41, 5.74) is 0.706. The highest BCUT2D eigenvalue weighted by Crippen LogP contribution is 2.45. The molecule has 1 saturated heterocycles. The van der Waals surface area contributed by atoms with E-state index in [0.29, 0.717) is 37.2 Å². The molecule has 1 N–H and O–H groups in total. The van der Waals surface area contributed by atoms with Gasteiger partial charge in [0.25, 0.3) is 5.91 Å². The lowest BCUT2D eigenvalue weighted by Gasteiger charge is -2.45. The number of amides is 2. The number of rotatable bonds is 3. The summed E-state index contributed by atoms with van der Waals surface area (Å²) in [6, 6.07) is 11.3. The van der Waals surface area contributed by atoms with Gasteiger partial charge in [0.1, 0.15) is 0 Å². The fraction of sp³-hybridized carbons (Fsp3) is 0.240. The summed E-state index contributed by atoms with van der Waals surface area (Å²) in [4.78, 5) is 27.2. The molecule has 0 saturated carbocycles. The van der Waals surface area contributed by atoms with Gasteiger partial charge in [-0.2, -0.15) is 5.10 Å². The second-order valence-corrected chi connectivity index (χ2v) is 10.2. The minimum Gasteiger partial charge on any atom is -0.436 e. The van der Waals surface area contributed by atoms with Crippen LogP contribution in [0, 0.1) is 5.82 Å². The largest absolute Gasteiger partial charge is 0.436 e. The number of hydrogen-bond donors (Lipinski definition) is 1. The van der Waals surface area contributed by atoms with Crippen LogP contribution in [0.15, 0.2) is 54.2 Å². The number of carbonyl (C=O) groups excluding carboxylic acids is 2. The first kappa shape index (κ1) is 22.1. The smallest absolute Gasteiger partial charge is 0.412 e. The summed E-state index contributed by atoms with van der Waals surface area (Å²) in [5, 5.41) is 10.1. The van der Waals surface area contributed by atoms with Crippen molar-refractivity contribution in [3.8, 4) is 0 Å². The topological polar surface area (TPSA) is 76.5 Å². The van der Waals surface area contributed by atoms with Crippen molar-refractivity contribution in [3.05, 3.63) is 81.7 Å². The van der Waals surface area contributed by atoms with Crippen LogP contribution >= 0.6 is 22.9 Å². The van der Waals surface area contributed by atoms with Gasteiger partial charge in [0.2, 0.25) is 0 Å². The monoisotopic (exact) mass is 510 g/mol. The first-order valence-corrected chi connectivity index (χ1v) is 12.4. The molecule has 7 nitrogen and oxygen atoms in total. The van der Waals surface area contributed by atoms with Gasteiger partial charge >= 0.3 is 6.09 Å². The maximum absolute atomic E-state index is 15.1. The van der Waals surface area contributed by atoms with E-state index in [0.717, 1.165) is 5.56 Å². The summed E-state index contributed by atoms with van der Waals surface area (Å²) in [7, 11) is 0. The highest BCUT2D eigenvalue weighted by molar-refractivity contribution is 7.17. The third-order valence-electron chi connectivity index (χ3n) is 6.56. The average molecular weight is 511 g/mol. The number of anilines is 1. The van der Waals surface area contributed by atoms with Crippen molar-refractivity contribution in [2.24, 2.45) is 0 Å². The van der Waals surface area contributed by atoms with Crippen LogP contribution in [0.1, 0.15) is 34.3 Å². The summed E-state index contributed by atoms with van der Waals surface area (Å²) in [6.07, 6.45) is 3.50. The van der Waals surface area contributed by atoms with Gasteiger partial charge in [-0.05, 0) is 53.4 Å². The van der Waals surface area contributed by atoms with E-state index in [1.807, 2.05) is 0 Å². The number of benzene rings is 2. The van der Waals surface area contributed by atoms with E-state index in [4.69, 9.17) is 16.3 Å². The number of piperidine rings is 1. The summed E-state index contributed by atoms with van der Waals surface area (Å²) >= 11 is 7.72. The Labute approximate surface area is 209 Å².